The first kappa shape index (κ1) is 24.8. The minimum Gasteiger partial charge on any atom is -0.397 e. The van der Waals surface area contributed by atoms with E-state index in [4.69, 9.17) is 22.3 Å². The van der Waals surface area contributed by atoms with Gasteiger partial charge in [-0.05, 0) is 54.4 Å². The number of aryl methyl sites for hydroxylation is 1. The maximum absolute atomic E-state index is 13.1. The summed E-state index contributed by atoms with van der Waals surface area (Å²) in [5.41, 5.74) is 10.1. The van der Waals surface area contributed by atoms with Gasteiger partial charge < -0.3 is 11.1 Å². The van der Waals surface area contributed by atoms with Crippen molar-refractivity contribution in [3.63, 3.8) is 0 Å². The van der Waals surface area contributed by atoms with Gasteiger partial charge in [0.1, 0.15) is 9.71 Å². The zero-order valence-electron chi connectivity index (χ0n) is 19.4. The number of hydrogen-bond acceptors (Lipinski definition) is 4. The van der Waals surface area contributed by atoms with Crippen LogP contribution < -0.4 is 11.1 Å². The quantitative estimate of drug-likeness (QED) is 0.242. The first-order chi connectivity index (χ1) is 17.6. The summed E-state index contributed by atoms with van der Waals surface area (Å²) < 4.78 is 39.3. The highest BCUT2D eigenvalue weighted by atomic mass is 35.5. The molecule has 3 aromatic carbocycles. The maximum atomic E-state index is 13.1. The van der Waals surface area contributed by atoms with E-state index in [1.807, 2.05) is 49.4 Å². The summed E-state index contributed by atoms with van der Waals surface area (Å²) in [6.45, 7) is 1.99. The molecule has 0 fully saturated rings. The van der Waals surface area contributed by atoms with Crippen molar-refractivity contribution in [2.75, 3.05) is 11.1 Å². The molecule has 0 saturated heterocycles. The smallest absolute Gasteiger partial charge is 0.397 e. The summed E-state index contributed by atoms with van der Waals surface area (Å²) in [6.07, 6.45) is -4.53. The number of alkyl halides is 3. The second-order valence-corrected chi connectivity index (χ2v) is 9.92. The molecule has 9 heteroatoms. The predicted molar refractivity (Wildman–Crippen MR) is 144 cm³/mol. The van der Waals surface area contributed by atoms with Gasteiger partial charge in [-0.25, -0.2) is 4.98 Å². The first-order valence-electron chi connectivity index (χ1n) is 11.1. The summed E-state index contributed by atoms with van der Waals surface area (Å²) in [5.74, 6) is -0.612. The highest BCUT2D eigenvalue weighted by Crippen LogP contribution is 2.42. The molecule has 0 aliphatic rings. The van der Waals surface area contributed by atoms with Crippen LogP contribution in [0.1, 0.15) is 20.8 Å². The van der Waals surface area contributed by atoms with Crippen LogP contribution in [-0.2, 0) is 6.18 Å². The molecule has 3 N–H and O–H groups in total. The lowest BCUT2D eigenvalue weighted by Crippen LogP contribution is -2.13. The largest absolute Gasteiger partial charge is 0.416 e. The number of halogens is 4. The van der Waals surface area contributed by atoms with Crippen LogP contribution in [0, 0.1) is 6.92 Å². The molecule has 5 rings (SSSR count). The topological polar surface area (TPSA) is 68.0 Å². The molecule has 0 saturated carbocycles. The normalized spacial score (nSPS) is 11.6. The van der Waals surface area contributed by atoms with Crippen LogP contribution in [0.4, 0.5) is 24.5 Å². The number of rotatable bonds is 4. The van der Waals surface area contributed by atoms with E-state index in [2.05, 4.69) is 5.32 Å². The Hall–Kier alpha value is -3.88. The molecular weight excluding hydrogens is 519 g/mol. The lowest BCUT2D eigenvalue weighted by atomic mass is 9.99. The number of benzene rings is 3. The van der Waals surface area contributed by atoms with Gasteiger partial charge in [0.2, 0.25) is 0 Å². The number of amides is 1. The van der Waals surface area contributed by atoms with Crippen LogP contribution in [0.15, 0.2) is 78.9 Å². The average Bonchev–Trinajstić information content (AvgIpc) is 3.20. The fourth-order valence-corrected chi connectivity index (χ4v) is 5.12. The minimum absolute atomic E-state index is 0.0166. The van der Waals surface area contributed by atoms with Crippen LogP contribution in [0.25, 0.3) is 32.6 Å². The Balaban J connectivity index is 1.62. The molecule has 4 nitrogen and oxygen atoms in total. The SMILES string of the molecule is Cc1ccc(-c2cc(-c3ccc(Cl)cc3)c3c(N)c(C(=O)Nc4cccc(C(F)(F)F)c4)sc3n2)cc1. The number of pyridine rings is 1. The minimum atomic E-state index is -4.53. The number of nitrogens with zero attached hydrogens (tertiary/aromatic N) is 1. The van der Waals surface area contributed by atoms with Gasteiger partial charge >= 0.3 is 6.18 Å². The van der Waals surface area contributed by atoms with Crippen molar-refractivity contribution in [1.29, 1.82) is 0 Å². The van der Waals surface area contributed by atoms with E-state index >= 15 is 0 Å². The zero-order valence-corrected chi connectivity index (χ0v) is 20.9. The van der Waals surface area contributed by atoms with E-state index in [0.717, 1.165) is 45.7 Å². The van der Waals surface area contributed by atoms with Crippen molar-refractivity contribution >= 4 is 50.4 Å². The van der Waals surface area contributed by atoms with Crippen LogP contribution in [0.5, 0.6) is 0 Å². The van der Waals surface area contributed by atoms with Crippen molar-refractivity contribution in [2.24, 2.45) is 0 Å². The van der Waals surface area contributed by atoms with Gasteiger partial charge in [0.25, 0.3) is 5.91 Å². The number of carbonyl (C=O) groups excluding carboxylic acids is 1. The Labute approximate surface area is 219 Å². The lowest BCUT2D eigenvalue weighted by Gasteiger charge is -2.10. The van der Waals surface area contributed by atoms with Crippen LogP contribution >= 0.6 is 22.9 Å². The molecule has 37 heavy (non-hydrogen) atoms. The Morgan fingerprint density at radius 3 is 2.32 bits per heavy atom. The van der Waals surface area contributed by atoms with Crippen LogP contribution in [-0.4, -0.2) is 10.9 Å². The van der Waals surface area contributed by atoms with E-state index in [-0.39, 0.29) is 16.3 Å². The molecule has 0 aliphatic heterocycles. The third kappa shape index (κ3) is 5.03. The number of hydrogen-bond donors (Lipinski definition) is 2. The van der Waals surface area contributed by atoms with E-state index in [1.54, 1.807) is 12.1 Å². The van der Waals surface area contributed by atoms with Gasteiger partial charge in [0, 0.05) is 21.7 Å². The molecular formula is C28H19ClF3N3OS. The Morgan fingerprint density at radius 1 is 0.973 bits per heavy atom. The molecule has 186 valence electrons. The third-order valence-electron chi connectivity index (χ3n) is 5.86. The van der Waals surface area contributed by atoms with Gasteiger partial charge in [0.15, 0.2) is 0 Å². The number of anilines is 2. The molecule has 1 amide bonds. The maximum Gasteiger partial charge on any atom is 0.416 e. The predicted octanol–water partition coefficient (Wildman–Crippen LogP) is 8.45. The van der Waals surface area contributed by atoms with Crippen LogP contribution in [0.2, 0.25) is 5.02 Å². The summed E-state index contributed by atoms with van der Waals surface area (Å²) in [4.78, 5) is 18.6. The van der Waals surface area contributed by atoms with E-state index in [9.17, 15) is 18.0 Å². The number of thiophene rings is 1. The highest BCUT2D eigenvalue weighted by Gasteiger charge is 2.30. The van der Waals surface area contributed by atoms with Gasteiger partial charge in [-0.3, -0.25) is 4.79 Å². The van der Waals surface area contributed by atoms with E-state index < -0.39 is 17.6 Å². The molecule has 2 heterocycles. The second-order valence-electron chi connectivity index (χ2n) is 8.49. The summed E-state index contributed by atoms with van der Waals surface area (Å²) in [6, 6.07) is 21.5. The van der Waals surface area contributed by atoms with Gasteiger partial charge in [-0.1, -0.05) is 59.6 Å². The molecule has 0 aliphatic carbocycles. The van der Waals surface area contributed by atoms with Crippen LogP contribution in [0.3, 0.4) is 0 Å². The summed E-state index contributed by atoms with van der Waals surface area (Å²) in [5, 5.41) is 3.71. The molecule has 0 bridgehead atoms. The molecule has 0 radical (unpaired) electrons. The fourth-order valence-electron chi connectivity index (χ4n) is 3.98. The number of nitrogens with two attached hydrogens (primary N) is 1. The summed E-state index contributed by atoms with van der Waals surface area (Å²) in [7, 11) is 0. The van der Waals surface area contributed by atoms with E-state index in [0.29, 0.717) is 20.9 Å². The monoisotopic (exact) mass is 537 g/mol. The van der Waals surface area contributed by atoms with Gasteiger partial charge in [-0.15, -0.1) is 11.3 Å². The average molecular weight is 538 g/mol. The lowest BCUT2D eigenvalue weighted by molar-refractivity contribution is -0.137. The van der Waals surface area contributed by atoms with Crippen molar-refractivity contribution in [3.8, 4) is 22.4 Å². The number of fused-ring (bicyclic) bond motifs is 1. The van der Waals surface area contributed by atoms with E-state index in [1.165, 1.54) is 12.1 Å². The standard InChI is InChI=1S/C28H19ClF3N3OS/c1-15-5-7-17(8-6-15)22-14-21(16-9-11-19(29)12-10-16)23-24(33)25(37-27(23)35-22)26(36)34-20-4-2-3-18(13-20)28(30,31)32/h2-14H,33H2,1H3,(H,34,36). The second kappa shape index (κ2) is 9.53. The fraction of sp³-hybridized carbons (Fsp3) is 0.0714. The zero-order chi connectivity index (χ0) is 26.3. The Kier molecular flexibility index (Phi) is 6.39. The van der Waals surface area contributed by atoms with Gasteiger partial charge in [0.05, 0.1) is 16.9 Å². The van der Waals surface area contributed by atoms with Crippen molar-refractivity contribution in [2.45, 2.75) is 13.1 Å². The number of carbonyl (C=O) groups is 1. The Bertz CT molecular complexity index is 1630. The Morgan fingerprint density at radius 2 is 1.65 bits per heavy atom. The van der Waals surface area contributed by atoms with Crippen molar-refractivity contribution < 1.29 is 18.0 Å². The van der Waals surface area contributed by atoms with Crippen molar-refractivity contribution in [3.05, 3.63) is 99.9 Å². The number of aromatic nitrogens is 1. The third-order valence-corrected chi connectivity index (χ3v) is 7.21. The summed E-state index contributed by atoms with van der Waals surface area (Å²) >= 11 is 7.18. The molecule has 0 unspecified atom stereocenters. The van der Waals surface area contributed by atoms with Gasteiger partial charge in [-0.2, -0.15) is 13.2 Å². The highest BCUT2D eigenvalue weighted by molar-refractivity contribution is 7.21. The molecule has 0 spiro atoms. The van der Waals surface area contributed by atoms with Crippen molar-refractivity contribution in [1.82, 2.24) is 4.98 Å². The number of nitrogens with one attached hydrogen (secondary N) is 1. The molecule has 2 aromatic heterocycles. The number of nitrogen functional groups attached to an aromatic ring is 1. The first-order valence-corrected chi connectivity index (χ1v) is 12.3. The molecule has 5 aromatic rings. The molecule has 0 atom stereocenters.